The van der Waals surface area contributed by atoms with Crippen molar-refractivity contribution in [3.05, 3.63) is 48.6 Å². The summed E-state index contributed by atoms with van der Waals surface area (Å²) in [5.41, 5.74) is 0.602. The van der Waals surface area contributed by atoms with E-state index in [1.807, 2.05) is 19.9 Å². The molecule has 2 amide bonds. The molecule has 0 aromatic heterocycles. The van der Waals surface area contributed by atoms with Crippen LogP contribution in [0.3, 0.4) is 0 Å². The van der Waals surface area contributed by atoms with Gasteiger partial charge in [-0.25, -0.2) is 18.0 Å². The number of ether oxygens (including phenoxy) is 3. The van der Waals surface area contributed by atoms with E-state index in [4.69, 9.17) is 14.2 Å². The second-order valence-corrected chi connectivity index (χ2v) is 10.4. The number of carbonyl (C=O) groups excluding carboxylic acids is 3. The zero-order valence-electron chi connectivity index (χ0n) is 21.1. The summed E-state index contributed by atoms with van der Waals surface area (Å²) in [6.07, 6.45) is 6.45. The van der Waals surface area contributed by atoms with Crippen LogP contribution in [-0.4, -0.2) is 68.6 Å². The summed E-state index contributed by atoms with van der Waals surface area (Å²) < 4.78 is 41.7. The van der Waals surface area contributed by atoms with Crippen LogP contribution >= 0.6 is 0 Å². The summed E-state index contributed by atoms with van der Waals surface area (Å²) in [6, 6.07) is -1.27. The molecule has 0 heterocycles. The summed E-state index contributed by atoms with van der Waals surface area (Å²) in [5.74, 6) is -0.686. The van der Waals surface area contributed by atoms with Crippen LogP contribution in [0, 0.1) is 5.41 Å². The highest BCUT2D eigenvalue weighted by molar-refractivity contribution is 7.88. The molecule has 196 valence electrons. The van der Waals surface area contributed by atoms with Gasteiger partial charge in [0, 0.05) is 0 Å². The van der Waals surface area contributed by atoms with Gasteiger partial charge in [-0.05, 0) is 46.5 Å². The molecule has 0 spiro atoms. The Bertz CT molecular complexity index is 957. The van der Waals surface area contributed by atoms with Crippen LogP contribution in [0.2, 0.25) is 0 Å². The lowest BCUT2D eigenvalue weighted by Crippen LogP contribution is -2.62. The number of carbonyl (C=O) groups is 3. The Kier molecular flexibility index (Phi) is 11.4. The molecular formula is C24H36N2O8S. The van der Waals surface area contributed by atoms with Gasteiger partial charge in [0.05, 0.1) is 24.8 Å². The molecule has 35 heavy (non-hydrogen) atoms. The van der Waals surface area contributed by atoms with E-state index < -0.39 is 39.6 Å². The molecule has 0 aliphatic heterocycles. The molecule has 0 fully saturated rings. The fourth-order valence-electron chi connectivity index (χ4n) is 3.67. The van der Waals surface area contributed by atoms with Crippen LogP contribution in [-0.2, 0) is 29.0 Å². The van der Waals surface area contributed by atoms with Crippen LogP contribution < -0.4 is 0 Å². The van der Waals surface area contributed by atoms with Gasteiger partial charge in [-0.3, -0.25) is 4.79 Å². The van der Waals surface area contributed by atoms with E-state index in [1.165, 1.54) is 26.2 Å². The zero-order chi connectivity index (χ0) is 26.8. The number of methoxy groups -OCH3 is 1. The predicted molar refractivity (Wildman–Crippen MR) is 132 cm³/mol. The maximum Gasteiger partial charge on any atom is 0.435 e. The van der Waals surface area contributed by atoms with Gasteiger partial charge in [-0.15, -0.1) is 5.01 Å². The van der Waals surface area contributed by atoms with E-state index >= 15 is 0 Å². The summed E-state index contributed by atoms with van der Waals surface area (Å²) in [5, 5.41) is 0.254. The van der Waals surface area contributed by atoms with Gasteiger partial charge in [-0.1, -0.05) is 53.0 Å². The number of allylic oxidation sites excluding steroid dienone is 3. The lowest BCUT2D eigenvalue weighted by molar-refractivity contribution is -0.157. The largest absolute Gasteiger partial charge is 0.469 e. The molecule has 0 aromatic carbocycles. The lowest BCUT2D eigenvalue weighted by Gasteiger charge is -2.44. The van der Waals surface area contributed by atoms with Crippen molar-refractivity contribution in [2.24, 2.45) is 5.41 Å². The number of hydrogen-bond acceptors (Lipinski definition) is 8. The molecule has 0 bridgehead atoms. The van der Waals surface area contributed by atoms with E-state index in [2.05, 4.69) is 13.2 Å². The van der Waals surface area contributed by atoms with E-state index in [0.29, 0.717) is 23.7 Å². The molecule has 0 aromatic rings. The normalized spacial score (nSPS) is 19.7. The van der Waals surface area contributed by atoms with Gasteiger partial charge < -0.3 is 14.2 Å². The van der Waals surface area contributed by atoms with Gasteiger partial charge in [0.25, 0.3) is 0 Å². The maximum absolute atomic E-state index is 13.1. The van der Waals surface area contributed by atoms with E-state index in [1.54, 1.807) is 6.08 Å². The molecule has 1 aliphatic rings. The molecule has 0 N–H and O–H groups in total. The third-order valence-corrected chi connectivity index (χ3v) is 6.52. The Morgan fingerprint density at radius 3 is 2.11 bits per heavy atom. The number of hydrogen-bond donors (Lipinski definition) is 0. The molecule has 10 nitrogen and oxygen atoms in total. The van der Waals surface area contributed by atoms with Gasteiger partial charge >= 0.3 is 18.2 Å². The molecule has 11 heteroatoms. The second kappa shape index (κ2) is 13.2. The number of nitrogens with zero attached hydrogens (tertiary/aromatic N) is 2. The van der Waals surface area contributed by atoms with Crippen molar-refractivity contribution in [1.29, 1.82) is 0 Å². The fourth-order valence-corrected chi connectivity index (χ4v) is 4.81. The lowest BCUT2D eigenvalue weighted by atomic mass is 9.72. The van der Waals surface area contributed by atoms with E-state index in [9.17, 15) is 22.8 Å². The summed E-state index contributed by atoms with van der Waals surface area (Å²) in [7, 11) is -3.14. The molecule has 0 saturated heterocycles. The standard InChI is InChI=1S/C24H36N2O8S/c1-8-15-33-22(28)25(23(29)34-16-9-2)26(35(7,30)31)20-17-19(12-10-11-18(3)4)13-14-24(20,5)21(27)32-6/h8-9,11,17,20H,1-2,10,12-16H2,3-7H3/t20-,24+/m0/s1. The quantitative estimate of drug-likeness (QED) is 0.175. The van der Waals surface area contributed by atoms with Crippen molar-refractivity contribution in [3.63, 3.8) is 0 Å². The molecule has 1 rings (SSSR count). The number of esters is 1. The number of amides is 2. The van der Waals surface area contributed by atoms with Crippen LogP contribution in [0.5, 0.6) is 0 Å². The number of sulfonamides is 1. The van der Waals surface area contributed by atoms with Crippen LogP contribution in [0.4, 0.5) is 9.59 Å². The molecule has 0 radical (unpaired) electrons. The van der Waals surface area contributed by atoms with Crippen LogP contribution in [0.25, 0.3) is 0 Å². The predicted octanol–water partition coefficient (Wildman–Crippen LogP) is 4.12. The van der Waals surface area contributed by atoms with Crippen LogP contribution in [0.15, 0.2) is 48.6 Å². The number of hydrazine groups is 1. The maximum atomic E-state index is 13.1. The first-order chi connectivity index (χ1) is 16.3. The monoisotopic (exact) mass is 512 g/mol. The van der Waals surface area contributed by atoms with Gasteiger partial charge in [0.2, 0.25) is 10.0 Å². The average molecular weight is 513 g/mol. The summed E-state index contributed by atoms with van der Waals surface area (Å²) >= 11 is 0. The van der Waals surface area contributed by atoms with Gasteiger partial charge in [0.15, 0.2) is 0 Å². The Morgan fingerprint density at radius 1 is 1.14 bits per heavy atom. The minimum atomic E-state index is -4.33. The summed E-state index contributed by atoms with van der Waals surface area (Å²) in [4.78, 5) is 38.7. The SMILES string of the molecule is C=CCOC(=O)N(C(=O)OCC=C)N([C@H]1C=C(CCC=C(C)C)CC[C@@]1(C)C(=O)OC)S(C)(=O)=O. The van der Waals surface area contributed by atoms with Crippen molar-refractivity contribution in [2.75, 3.05) is 26.6 Å². The first kappa shape index (κ1) is 30.1. The zero-order valence-corrected chi connectivity index (χ0v) is 21.9. The smallest absolute Gasteiger partial charge is 0.435 e. The third-order valence-electron chi connectivity index (χ3n) is 5.45. The minimum absolute atomic E-state index is 0.230. The molecule has 0 saturated carbocycles. The molecular weight excluding hydrogens is 476 g/mol. The highest BCUT2D eigenvalue weighted by Gasteiger charge is 2.53. The molecule has 0 unspecified atom stereocenters. The highest BCUT2D eigenvalue weighted by atomic mass is 32.2. The van der Waals surface area contributed by atoms with Gasteiger partial charge in [-0.2, -0.15) is 0 Å². The Balaban J connectivity index is 3.72. The Morgan fingerprint density at radius 2 is 1.69 bits per heavy atom. The van der Waals surface area contributed by atoms with E-state index in [0.717, 1.165) is 17.4 Å². The van der Waals surface area contributed by atoms with Crippen molar-refractivity contribution >= 4 is 28.2 Å². The van der Waals surface area contributed by atoms with Crippen molar-refractivity contribution in [1.82, 2.24) is 9.42 Å². The summed E-state index contributed by atoms with van der Waals surface area (Å²) in [6.45, 7) is 11.8. The second-order valence-electron chi connectivity index (χ2n) is 8.58. The number of imide groups is 1. The van der Waals surface area contributed by atoms with E-state index in [-0.39, 0.29) is 24.6 Å². The average Bonchev–Trinajstić information content (AvgIpc) is 2.79. The number of rotatable bonds is 11. The van der Waals surface area contributed by atoms with Crippen molar-refractivity contribution < 1.29 is 37.0 Å². The first-order valence-electron chi connectivity index (χ1n) is 11.1. The van der Waals surface area contributed by atoms with Crippen LogP contribution in [0.1, 0.15) is 46.5 Å². The molecule has 2 atom stereocenters. The van der Waals surface area contributed by atoms with Gasteiger partial charge in [0.1, 0.15) is 13.2 Å². The minimum Gasteiger partial charge on any atom is -0.469 e. The highest BCUT2D eigenvalue weighted by Crippen LogP contribution is 2.42. The Labute approximate surface area is 207 Å². The molecule has 1 aliphatic carbocycles. The van der Waals surface area contributed by atoms with Crippen molar-refractivity contribution in [3.8, 4) is 0 Å². The Hall–Kier alpha value is -2.92. The topological polar surface area (TPSA) is 120 Å². The first-order valence-corrected chi connectivity index (χ1v) is 12.9. The third kappa shape index (κ3) is 8.07. The van der Waals surface area contributed by atoms with Crippen molar-refractivity contribution in [2.45, 2.75) is 52.5 Å². The fraction of sp³-hybridized carbons (Fsp3) is 0.542.